The third-order valence-corrected chi connectivity index (χ3v) is 3.75. The lowest BCUT2D eigenvalue weighted by Gasteiger charge is -2.14. The second-order valence-electron chi connectivity index (χ2n) is 4.72. The van der Waals surface area contributed by atoms with E-state index in [1.54, 1.807) is 30.6 Å². The molecule has 0 aliphatic rings. The fourth-order valence-electron chi connectivity index (χ4n) is 1.63. The molecule has 2 heterocycles. The van der Waals surface area contributed by atoms with Gasteiger partial charge in [-0.2, -0.15) is 0 Å². The quantitative estimate of drug-likeness (QED) is 0.394. The van der Waals surface area contributed by atoms with Crippen LogP contribution in [0.4, 0.5) is 0 Å². The van der Waals surface area contributed by atoms with Crippen molar-refractivity contribution in [2.75, 3.05) is 0 Å². The molecular weight excluding hydrogens is 461 g/mol. The Morgan fingerprint density at radius 1 is 0.654 bits per heavy atom. The predicted molar refractivity (Wildman–Crippen MR) is 110 cm³/mol. The van der Waals surface area contributed by atoms with E-state index in [4.69, 9.17) is 69.6 Å². The summed E-state index contributed by atoms with van der Waals surface area (Å²) in [5, 5.41) is 0. The standard InChI is InChI=1S/C16H10Cl6N4/c17-15(18,19)13-24-12(25-14(26-13)16(20,21)22)6-4-2-1-3-5-11-7-9-23-10-8-11/h1-10H. The zero-order valence-electron chi connectivity index (χ0n) is 12.8. The van der Waals surface area contributed by atoms with Crippen LogP contribution in [0.5, 0.6) is 0 Å². The Bertz CT molecular complexity index is 791. The van der Waals surface area contributed by atoms with Gasteiger partial charge in [-0.3, -0.25) is 4.98 Å². The third-order valence-electron chi connectivity index (χ3n) is 2.73. The van der Waals surface area contributed by atoms with E-state index in [1.807, 2.05) is 30.4 Å². The molecule has 0 saturated heterocycles. The van der Waals surface area contributed by atoms with Gasteiger partial charge in [0.05, 0.1) is 0 Å². The number of nitrogens with zero attached hydrogens (tertiary/aromatic N) is 4. The molecule has 2 rings (SSSR count). The zero-order chi connectivity index (χ0) is 19.2. The maximum absolute atomic E-state index is 5.81. The topological polar surface area (TPSA) is 51.6 Å². The molecular formula is C16H10Cl6N4. The van der Waals surface area contributed by atoms with Gasteiger partial charge in [-0.1, -0.05) is 100.0 Å². The van der Waals surface area contributed by atoms with Crippen LogP contribution in [0.25, 0.3) is 12.2 Å². The number of hydrogen-bond donors (Lipinski definition) is 0. The number of rotatable bonds is 4. The third kappa shape index (κ3) is 7.03. The normalized spacial score (nSPS) is 13.3. The van der Waals surface area contributed by atoms with Crippen molar-refractivity contribution in [3.63, 3.8) is 0 Å². The molecule has 0 aliphatic heterocycles. The summed E-state index contributed by atoms with van der Waals surface area (Å²) in [5.74, 6) is -0.0921. The number of alkyl halides is 6. The minimum atomic E-state index is -1.88. The van der Waals surface area contributed by atoms with Gasteiger partial charge in [0, 0.05) is 12.4 Å². The van der Waals surface area contributed by atoms with Crippen molar-refractivity contribution in [1.82, 2.24) is 19.9 Å². The van der Waals surface area contributed by atoms with E-state index in [2.05, 4.69) is 19.9 Å². The zero-order valence-corrected chi connectivity index (χ0v) is 17.4. The van der Waals surface area contributed by atoms with Crippen LogP contribution in [-0.4, -0.2) is 19.9 Å². The van der Waals surface area contributed by atoms with Crippen LogP contribution >= 0.6 is 69.6 Å². The SMILES string of the molecule is ClC(Cl)(Cl)c1nc(C=CC=CC=Cc2ccncc2)nc(C(Cl)(Cl)Cl)n1. The Morgan fingerprint density at radius 3 is 1.65 bits per heavy atom. The number of halogens is 6. The number of hydrogen-bond acceptors (Lipinski definition) is 4. The summed E-state index contributed by atoms with van der Waals surface area (Å²) in [5.41, 5.74) is 1.03. The summed E-state index contributed by atoms with van der Waals surface area (Å²) in [4.78, 5) is 15.9. The molecule has 0 atom stereocenters. The molecule has 136 valence electrons. The number of pyridine rings is 1. The van der Waals surface area contributed by atoms with Crippen LogP contribution in [0.3, 0.4) is 0 Å². The van der Waals surface area contributed by atoms with Crippen molar-refractivity contribution >= 4 is 81.8 Å². The maximum atomic E-state index is 5.81. The van der Waals surface area contributed by atoms with E-state index in [0.29, 0.717) is 0 Å². The molecule has 4 nitrogen and oxygen atoms in total. The van der Waals surface area contributed by atoms with Crippen molar-refractivity contribution in [3.05, 3.63) is 71.9 Å². The Hall–Kier alpha value is -0.880. The van der Waals surface area contributed by atoms with E-state index in [9.17, 15) is 0 Å². The molecule has 0 radical (unpaired) electrons. The molecule has 0 amide bonds. The van der Waals surface area contributed by atoms with Gasteiger partial charge in [0.1, 0.15) is 0 Å². The van der Waals surface area contributed by atoms with Crippen molar-refractivity contribution in [1.29, 1.82) is 0 Å². The summed E-state index contributed by atoms with van der Waals surface area (Å²) in [7, 11) is 0. The fraction of sp³-hybridized carbons (Fsp3) is 0.125. The molecule has 0 fully saturated rings. The first-order chi connectivity index (χ1) is 12.2. The van der Waals surface area contributed by atoms with Gasteiger partial charge in [0.2, 0.25) is 7.59 Å². The van der Waals surface area contributed by atoms with Crippen LogP contribution in [0, 0.1) is 0 Å². The lowest BCUT2D eigenvalue weighted by atomic mass is 10.2. The molecule has 10 heteroatoms. The molecule has 0 bridgehead atoms. The second kappa shape index (κ2) is 9.36. The first kappa shape index (κ1) is 21.4. The minimum Gasteiger partial charge on any atom is -0.265 e. The van der Waals surface area contributed by atoms with Crippen LogP contribution in [0.15, 0.2) is 48.8 Å². The predicted octanol–water partition coefficient (Wildman–Crippen LogP) is 6.20. The number of allylic oxidation sites excluding steroid dienone is 4. The van der Waals surface area contributed by atoms with Crippen LogP contribution in [0.2, 0.25) is 0 Å². The van der Waals surface area contributed by atoms with Gasteiger partial charge in [0.25, 0.3) is 0 Å². The van der Waals surface area contributed by atoms with E-state index in [0.717, 1.165) is 5.56 Å². The van der Waals surface area contributed by atoms with Crippen LogP contribution in [0.1, 0.15) is 23.0 Å². The Balaban J connectivity index is 2.16. The van der Waals surface area contributed by atoms with Gasteiger partial charge in [0.15, 0.2) is 17.5 Å². The lowest BCUT2D eigenvalue weighted by molar-refractivity contribution is 0.835. The summed E-state index contributed by atoms with van der Waals surface area (Å²) in [6, 6.07) is 3.78. The first-order valence-corrected chi connectivity index (χ1v) is 9.25. The highest BCUT2D eigenvalue weighted by Crippen LogP contribution is 2.39. The minimum absolute atomic E-state index is 0.139. The molecule has 0 unspecified atom stereocenters. The van der Waals surface area contributed by atoms with Gasteiger partial charge in [-0.25, -0.2) is 15.0 Å². The molecule has 26 heavy (non-hydrogen) atoms. The second-order valence-corrected chi connectivity index (χ2v) is 9.28. The molecule has 2 aromatic rings. The molecule has 0 aromatic carbocycles. The highest BCUT2D eigenvalue weighted by atomic mass is 35.6. The average Bonchev–Trinajstić information content (AvgIpc) is 2.57. The largest absolute Gasteiger partial charge is 0.265 e. The van der Waals surface area contributed by atoms with Crippen molar-refractivity contribution in [2.24, 2.45) is 0 Å². The van der Waals surface area contributed by atoms with Gasteiger partial charge in [-0.15, -0.1) is 0 Å². The average molecular weight is 471 g/mol. The van der Waals surface area contributed by atoms with E-state index >= 15 is 0 Å². The highest BCUT2D eigenvalue weighted by molar-refractivity contribution is 6.67. The Labute approximate surface area is 180 Å². The van der Waals surface area contributed by atoms with E-state index in [1.165, 1.54) is 0 Å². The summed E-state index contributed by atoms with van der Waals surface area (Å²) < 4.78 is -3.75. The summed E-state index contributed by atoms with van der Waals surface area (Å²) in [6.45, 7) is 0. The molecule has 0 spiro atoms. The van der Waals surface area contributed by atoms with Crippen molar-refractivity contribution in [3.8, 4) is 0 Å². The van der Waals surface area contributed by atoms with Crippen molar-refractivity contribution in [2.45, 2.75) is 7.59 Å². The summed E-state index contributed by atoms with van der Waals surface area (Å²) >= 11 is 34.9. The highest BCUT2D eigenvalue weighted by Gasteiger charge is 2.33. The van der Waals surface area contributed by atoms with Gasteiger partial charge >= 0.3 is 0 Å². The van der Waals surface area contributed by atoms with E-state index in [-0.39, 0.29) is 17.5 Å². The van der Waals surface area contributed by atoms with Gasteiger partial charge in [-0.05, 0) is 23.8 Å². The van der Waals surface area contributed by atoms with Crippen LogP contribution in [-0.2, 0) is 7.59 Å². The molecule has 0 saturated carbocycles. The maximum Gasteiger partial charge on any atom is 0.250 e. The van der Waals surface area contributed by atoms with Crippen molar-refractivity contribution < 1.29 is 0 Å². The molecule has 0 aliphatic carbocycles. The van der Waals surface area contributed by atoms with Crippen LogP contribution < -0.4 is 0 Å². The first-order valence-electron chi connectivity index (χ1n) is 6.98. The summed E-state index contributed by atoms with van der Waals surface area (Å²) in [6.07, 6.45) is 14.1. The van der Waals surface area contributed by atoms with E-state index < -0.39 is 7.59 Å². The number of aromatic nitrogens is 4. The molecule has 2 aromatic heterocycles. The smallest absolute Gasteiger partial charge is 0.250 e. The fourth-order valence-corrected chi connectivity index (χ4v) is 2.14. The van der Waals surface area contributed by atoms with Gasteiger partial charge < -0.3 is 0 Å². The Morgan fingerprint density at radius 2 is 1.15 bits per heavy atom. The monoisotopic (exact) mass is 468 g/mol. The molecule has 0 N–H and O–H groups in total. The lowest BCUT2D eigenvalue weighted by Crippen LogP contribution is -2.16. The Kier molecular flexibility index (Phi) is 7.71.